The van der Waals surface area contributed by atoms with Crippen LogP contribution in [-0.4, -0.2) is 24.0 Å². The third-order valence-corrected chi connectivity index (χ3v) is 6.07. The summed E-state index contributed by atoms with van der Waals surface area (Å²) < 4.78 is 27.2. The van der Waals surface area contributed by atoms with Crippen LogP contribution >= 0.6 is 46.7 Å². The smallest absolute Gasteiger partial charge is 0.230 e. The largest absolute Gasteiger partial charge is 0.355 e. The van der Waals surface area contributed by atoms with E-state index in [1.54, 1.807) is 24.3 Å². The van der Waals surface area contributed by atoms with Crippen LogP contribution < -0.4 is 5.32 Å². The summed E-state index contributed by atoms with van der Waals surface area (Å²) in [6.07, 6.45) is 0. The van der Waals surface area contributed by atoms with E-state index >= 15 is 0 Å². The number of benzene rings is 2. The van der Waals surface area contributed by atoms with Gasteiger partial charge in [-0.15, -0.1) is 11.8 Å². The average molecular weight is 436 g/mol. The van der Waals surface area contributed by atoms with Gasteiger partial charge in [0, 0.05) is 45.0 Å². The monoisotopic (exact) mass is 435 g/mol. The van der Waals surface area contributed by atoms with E-state index in [1.165, 1.54) is 35.7 Å². The molecule has 0 saturated heterocycles. The molecule has 0 saturated carbocycles. The molecule has 0 aliphatic rings. The quantitative estimate of drug-likeness (QED) is 0.523. The zero-order valence-electron chi connectivity index (χ0n) is 13.7. The second-order valence-corrected chi connectivity index (χ2v) is 8.20. The summed E-state index contributed by atoms with van der Waals surface area (Å²) in [7, 11) is 0. The predicted molar refractivity (Wildman–Crippen MR) is 108 cm³/mol. The third kappa shape index (κ3) is 6.65. The molecular weight excluding hydrogens is 419 g/mol. The Balaban J connectivity index is 1.62. The molecule has 0 spiro atoms. The molecule has 2 nitrogen and oxygen atoms in total. The molecule has 140 valence electrons. The van der Waals surface area contributed by atoms with Crippen LogP contribution in [0.2, 0.25) is 10.0 Å². The Bertz CT molecular complexity index is 721. The minimum atomic E-state index is -0.367. The highest BCUT2D eigenvalue weighted by atomic mass is 35.5. The molecule has 0 aliphatic carbocycles. The van der Waals surface area contributed by atoms with E-state index in [0.717, 1.165) is 0 Å². The van der Waals surface area contributed by atoms with Crippen molar-refractivity contribution in [2.24, 2.45) is 0 Å². The molecule has 2 aromatic rings. The zero-order chi connectivity index (χ0) is 18.9. The maximum atomic E-state index is 13.6. The Kier molecular flexibility index (Phi) is 9.05. The Morgan fingerprint density at radius 2 is 1.46 bits per heavy atom. The number of halogens is 4. The van der Waals surface area contributed by atoms with Gasteiger partial charge in [0.1, 0.15) is 11.6 Å². The van der Waals surface area contributed by atoms with Crippen LogP contribution in [0.5, 0.6) is 0 Å². The molecule has 2 aromatic carbocycles. The number of amides is 1. The van der Waals surface area contributed by atoms with Gasteiger partial charge in [-0.25, -0.2) is 8.78 Å². The fourth-order valence-corrected chi connectivity index (χ4v) is 4.47. The minimum Gasteiger partial charge on any atom is -0.355 e. The molecule has 0 radical (unpaired) electrons. The van der Waals surface area contributed by atoms with Crippen molar-refractivity contribution in [2.45, 2.75) is 11.5 Å². The molecule has 2 rings (SSSR count). The number of nitrogens with one attached hydrogen (secondary N) is 1. The lowest BCUT2D eigenvalue weighted by Crippen LogP contribution is -2.27. The minimum absolute atomic E-state index is 0.132. The second kappa shape index (κ2) is 11.0. The van der Waals surface area contributed by atoms with Gasteiger partial charge in [0.15, 0.2) is 0 Å². The van der Waals surface area contributed by atoms with Crippen LogP contribution in [0, 0.1) is 11.6 Å². The molecule has 0 atom stereocenters. The summed E-state index contributed by atoms with van der Waals surface area (Å²) in [4.78, 5) is 11.8. The molecule has 1 amide bonds. The van der Waals surface area contributed by atoms with Gasteiger partial charge < -0.3 is 5.32 Å². The fourth-order valence-electron chi connectivity index (χ4n) is 2.07. The van der Waals surface area contributed by atoms with Gasteiger partial charge >= 0.3 is 0 Å². The molecular formula is C18H17Cl2F2NOS2. The van der Waals surface area contributed by atoms with Crippen LogP contribution in [0.3, 0.4) is 0 Å². The number of hydrogen-bond donors (Lipinski definition) is 1. The first-order valence-electron chi connectivity index (χ1n) is 7.77. The molecule has 0 bridgehead atoms. The van der Waals surface area contributed by atoms with Gasteiger partial charge in [0.05, 0.1) is 5.75 Å². The Hall–Kier alpha value is -0.950. The van der Waals surface area contributed by atoms with Crippen LogP contribution in [0.25, 0.3) is 0 Å². The van der Waals surface area contributed by atoms with Crippen LogP contribution in [0.15, 0.2) is 36.4 Å². The number of hydrogen-bond acceptors (Lipinski definition) is 3. The standard InChI is InChI=1S/C18H17Cl2F2NOS2/c19-14-3-1-5-16(21)12(14)9-25-8-7-23-18(24)11-26-10-13-15(20)4-2-6-17(13)22/h1-6H,7-11H2,(H,23,24). The summed E-state index contributed by atoms with van der Waals surface area (Å²) in [5.41, 5.74) is 0.882. The van der Waals surface area contributed by atoms with E-state index in [2.05, 4.69) is 5.32 Å². The second-order valence-electron chi connectivity index (χ2n) is 5.30. The van der Waals surface area contributed by atoms with E-state index in [-0.39, 0.29) is 23.3 Å². The van der Waals surface area contributed by atoms with Gasteiger partial charge in [0.2, 0.25) is 5.91 Å². The van der Waals surface area contributed by atoms with E-state index in [9.17, 15) is 13.6 Å². The fraction of sp³-hybridized carbons (Fsp3) is 0.278. The number of carbonyl (C=O) groups is 1. The molecule has 0 aromatic heterocycles. The topological polar surface area (TPSA) is 29.1 Å². The average Bonchev–Trinajstić information content (AvgIpc) is 2.59. The molecule has 26 heavy (non-hydrogen) atoms. The third-order valence-electron chi connectivity index (χ3n) is 3.42. The number of thioether (sulfide) groups is 2. The van der Waals surface area contributed by atoms with E-state index in [4.69, 9.17) is 23.2 Å². The van der Waals surface area contributed by atoms with E-state index in [1.807, 2.05) is 0 Å². The highest BCUT2D eigenvalue weighted by molar-refractivity contribution is 7.99. The Labute approximate surface area is 170 Å². The highest BCUT2D eigenvalue weighted by Gasteiger charge is 2.09. The summed E-state index contributed by atoms with van der Waals surface area (Å²) in [5, 5.41) is 3.55. The van der Waals surface area contributed by atoms with Crippen LogP contribution in [0.4, 0.5) is 8.78 Å². The molecule has 1 N–H and O–H groups in total. The normalized spacial score (nSPS) is 10.8. The summed E-state index contributed by atoms with van der Waals surface area (Å²) in [6, 6.07) is 9.12. The highest BCUT2D eigenvalue weighted by Crippen LogP contribution is 2.24. The summed E-state index contributed by atoms with van der Waals surface area (Å²) in [6.45, 7) is 0.469. The van der Waals surface area contributed by atoms with E-state index in [0.29, 0.717) is 45.0 Å². The van der Waals surface area contributed by atoms with Gasteiger partial charge in [-0.1, -0.05) is 35.3 Å². The Morgan fingerprint density at radius 3 is 2.00 bits per heavy atom. The molecule has 0 heterocycles. The lowest BCUT2D eigenvalue weighted by Gasteiger charge is -2.08. The molecule has 0 fully saturated rings. The maximum Gasteiger partial charge on any atom is 0.230 e. The predicted octanol–water partition coefficient (Wildman–Crippen LogP) is 5.55. The van der Waals surface area contributed by atoms with Crippen molar-refractivity contribution >= 4 is 52.6 Å². The lowest BCUT2D eigenvalue weighted by molar-refractivity contribution is -0.118. The maximum absolute atomic E-state index is 13.6. The van der Waals surface area contributed by atoms with Crippen LogP contribution in [-0.2, 0) is 16.3 Å². The number of carbonyl (C=O) groups excluding carboxylic acids is 1. The summed E-state index contributed by atoms with van der Waals surface area (Å²) >= 11 is 14.7. The first kappa shape index (κ1) is 21.4. The first-order valence-corrected chi connectivity index (χ1v) is 10.8. The van der Waals surface area contributed by atoms with Crippen molar-refractivity contribution in [2.75, 3.05) is 18.1 Å². The Morgan fingerprint density at radius 1 is 0.923 bits per heavy atom. The first-order chi connectivity index (χ1) is 12.5. The van der Waals surface area contributed by atoms with Gasteiger partial charge in [-0.2, -0.15) is 11.8 Å². The zero-order valence-corrected chi connectivity index (χ0v) is 16.9. The number of rotatable bonds is 9. The SMILES string of the molecule is O=C(CSCc1c(F)cccc1Cl)NCCSCc1c(F)cccc1Cl. The molecule has 0 unspecified atom stereocenters. The van der Waals surface area contributed by atoms with Gasteiger partial charge in [-0.05, 0) is 24.3 Å². The van der Waals surface area contributed by atoms with Gasteiger partial charge in [0.25, 0.3) is 0 Å². The van der Waals surface area contributed by atoms with Crippen LogP contribution in [0.1, 0.15) is 11.1 Å². The van der Waals surface area contributed by atoms with Crippen molar-refractivity contribution in [1.82, 2.24) is 5.32 Å². The molecule has 8 heteroatoms. The van der Waals surface area contributed by atoms with Gasteiger partial charge in [-0.3, -0.25) is 4.79 Å². The van der Waals surface area contributed by atoms with E-state index < -0.39 is 0 Å². The summed E-state index contributed by atoms with van der Waals surface area (Å²) in [5.74, 6) is 0.814. The van der Waals surface area contributed by atoms with Crippen molar-refractivity contribution in [3.05, 3.63) is 69.2 Å². The molecule has 0 aliphatic heterocycles. The van der Waals surface area contributed by atoms with Crippen molar-refractivity contribution in [3.8, 4) is 0 Å². The van der Waals surface area contributed by atoms with Crippen molar-refractivity contribution in [1.29, 1.82) is 0 Å². The van der Waals surface area contributed by atoms with Crippen molar-refractivity contribution < 1.29 is 13.6 Å². The van der Waals surface area contributed by atoms with Crippen molar-refractivity contribution in [3.63, 3.8) is 0 Å². The lowest BCUT2D eigenvalue weighted by atomic mass is 10.2.